The Morgan fingerprint density at radius 1 is 1.52 bits per heavy atom. The van der Waals surface area contributed by atoms with Gasteiger partial charge >= 0.3 is 12.0 Å². The molecule has 0 aromatic carbocycles. The van der Waals surface area contributed by atoms with Crippen molar-refractivity contribution in [2.24, 2.45) is 0 Å². The maximum atomic E-state index is 12.1. The fraction of sp³-hybridized carbons (Fsp3) is 0.643. The first-order chi connectivity index (χ1) is 10.1. The van der Waals surface area contributed by atoms with E-state index in [1.54, 1.807) is 4.90 Å². The highest BCUT2D eigenvalue weighted by Crippen LogP contribution is 2.21. The molecule has 0 bridgehead atoms. The summed E-state index contributed by atoms with van der Waals surface area (Å²) in [6.07, 6.45) is 6.33. The van der Waals surface area contributed by atoms with Crippen molar-refractivity contribution in [3.8, 4) is 0 Å². The minimum Gasteiger partial charge on any atom is -0.481 e. The summed E-state index contributed by atoms with van der Waals surface area (Å²) < 4.78 is 1.93. The van der Waals surface area contributed by atoms with E-state index in [9.17, 15) is 9.59 Å². The topological polar surface area (TPSA) is 87.5 Å². The maximum Gasteiger partial charge on any atom is 0.317 e. The zero-order valence-corrected chi connectivity index (χ0v) is 12.3. The Kier molecular flexibility index (Phi) is 5.19. The Morgan fingerprint density at radius 2 is 2.33 bits per heavy atom. The summed E-state index contributed by atoms with van der Waals surface area (Å²) in [6.45, 7) is 3.78. The molecule has 1 aliphatic heterocycles. The van der Waals surface area contributed by atoms with Crippen molar-refractivity contribution in [1.29, 1.82) is 0 Å². The first kappa shape index (κ1) is 15.3. The number of carbonyl (C=O) groups excluding carboxylic acids is 1. The smallest absolute Gasteiger partial charge is 0.317 e. The van der Waals surface area contributed by atoms with Gasteiger partial charge in [-0.3, -0.25) is 9.48 Å². The van der Waals surface area contributed by atoms with Gasteiger partial charge in [0.15, 0.2) is 0 Å². The third-order valence-electron chi connectivity index (χ3n) is 3.63. The number of rotatable bonds is 5. The molecule has 1 saturated heterocycles. The number of aromatic nitrogens is 2. The van der Waals surface area contributed by atoms with Gasteiger partial charge in [-0.05, 0) is 31.7 Å². The molecule has 116 valence electrons. The summed E-state index contributed by atoms with van der Waals surface area (Å²) in [5, 5.41) is 15.7. The number of carboxylic acid groups (broad SMARTS) is 1. The molecule has 1 aromatic heterocycles. The molecule has 2 N–H and O–H groups in total. The van der Waals surface area contributed by atoms with Gasteiger partial charge in [-0.25, -0.2) is 4.79 Å². The van der Waals surface area contributed by atoms with Crippen LogP contribution in [-0.2, 0) is 4.79 Å². The summed E-state index contributed by atoms with van der Waals surface area (Å²) in [4.78, 5) is 24.3. The lowest BCUT2D eigenvalue weighted by Crippen LogP contribution is -2.46. The van der Waals surface area contributed by atoms with Crippen molar-refractivity contribution >= 4 is 12.0 Å². The van der Waals surface area contributed by atoms with Gasteiger partial charge in [0.1, 0.15) is 0 Å². The monoisotopic (exact) mass is 294 g/mol. The van der Waals surface area contributed by atoms with Crippen LogP contribution in [0, 0.1) is 6.92 Å². The van der Waals surface area contributed by atoms with Crippen LogP contribution in [0.1, 0.15) is 37.3 Å². The SMILES string of the molecule is Cc1cnn([C@@H]2CCCN(C(=O)NCCCC(=O)O)C2)c1. The summed E-state index contributed by atoms with van der Waals surface area (Å²) in [6, 6.07) is 0.103. The molecule has 21 heavy (non-hydrogen) atoms. The van der Waals surface area contributed by atoms with Crippen molar-refractivity contribution in [1.82, 2.24) is 20.0 Å². The van der Waals surface area contributed by atoms with Gasteiger partial charge in [-0.15, -0.1) is 0 Å². The standard InChI is InChI=1S/C14H22N4O3/c1-11-8-16-18(9-11)12-4-3-7-17(10-12)14(21)15-6-2-5-13(19)20/h8-9,12H,2-7,10H2,1H3,(H,15,21)(H,19,20)/t12-/m1/s1. The van der Waals surface area contributed by atoms with E-state index in [1.807, 2.05) is 24.0 Å². The predicted molar refractivity (Wildman–Crippen MR) is 77.1 cm³/mol. The Labute approximate surface area is 123 Å². The number of amides is 2. The van der Waals surface area contributed by atoms with Crippen LogP contribution in [0.4, 0.5) is 4.79 Å². The largest absolute Gasteiger partial charge is 0.481 e. The molecule has 0 unspecified atom stereocenters. The van der Waals surface area contributed by atoms with Gasteiger partial charge in [0.25, 0.3) is 0 Å². The number of aryl methyl sites for hydroxylation is 1. The summed E-state index contributed by atoms with van der Waals surface area (Å²) >= 11 is 0. The number of nitrogens with one attached hydrogen (secondary N) is 1. The Morgan fingerprint density at radius 3 is 3.00 bits per heavy atom. The molecule has 0 radical (unpaired) electrons. The zero-order chi connectivity index (χ0) is 15.2. The first-order valence-corrected chi connectivity index (χ1v) is 7.31. The molecule has 1 atom stereocenters. The fourth-order valence-electron chi connectivity index (χ4n) is 2.53. The van der Waals surface area contributed by atoms with E-state index in [0.717, 1.165) is 24.9 Å². The van der Waals surface area contributed by atoms with E-state index in [4.69, 9.17) is 5.11 Å². The lowest BCUT2D eigenvalue weighted by molar-refractivity contribution is -0.137. The lowest BCUT2D eigenvalue weighted by Gasteiger charge is -2.32. The number of piperidine rings is 1. The van der Waals surface area contributed by atoms with Crippen LogP contribution in [0.2, 0.25) is 0 Å². The molecule has 2 rings (SSSR count). The second kappa shape index (κ2) is 7.10. The number of carbonyl (C=O) groups is 2. The predicted octanol–water partition coefficient (Wildman–Crippen LogP) is 1.40. The molecule has 1 aliphatic rings. The number of hydrogen-bond donors (Lipinski definition) is 2. The van der Waals surface area contributed by atoms with Crippen LogP contribution in [0.3, 0.4) is 0 Å². The number of nitrogens with zero attached hydrogens (tertiary/aromatic N) is 3. The Hall–Kier alpha value is -2.05. The molecule has 1 fully saturated rings. The zero-order valence-electron chi connectivity index (χ0n) is 12.3. The second-order valence-electron chi connectivity index (χ2n) is 5.47. The summed E-state index contributed by atoms with van der Waals surface area (Å²) in [5.74, 6) is -0.837. The second-order valence-corrected chi connectivity index (χ2v) is 5.47. The van der Waals surface area contributed by atoms with Crippen molar-refractivity contribution in [3.05, 3.63) is 18.0 Å². The number of hydrogen-bond acceptors (Lipinski definition) is 3. The number of aliphatic carboxylic acids is 1. The van der Waals surface area contributed by atoms with Gasteiger partial charge in [0.2, 0.25) is 0 Å². The van der Waals surface area contributed by atoms with E-state index in [0.29, 0.717) is 19.5 Å². The summed E-state index contributed by atoms with van der Waals surface area (Å²) in [7, 11) is 0. The van der Waals surface area contributed by atoms with Crippen molar-refractivity contribution < 1.29 is 14.7 Å². The molecular formula is C14H22N4O3. The molecule has 2 heterocycles. The van der Waals surface area contributed by atoms with Crippen LogP contribution in [0.15, 0.2) is 12.4 Å². The van der Waals surface area contributed by atoms with Crippen molar-refractivity contribution in [2.45, 2.75) is 38.6 Å². The van der Waals surface area contributed by atoms with Gasteiger partial charge < -0.3 is 15.3 Å². The molecule has 0 saturated carbocycles. The van der Waals surface area contributed by atoms with E-state index in [-0.39, 0.29) is 18.5 Å². The molecule has 1 aromatic rings. The van der Waals surface area contributed by atoms with Gasteiger partial charge in [0, 0.05) is 32.3 Å². The highest BCUT2D eigenvalue weighted by Gasteiger charge is 2.24. The van der Waals surface area contributed by atoms with Crippen molar-refractivity contribution in [2.75, 3.05) is 19.6 Å². The molecule has 2 amide bonds. The van der Waals surface area contributed by atoms with E-state index in [1.165, 1.54) is 0 Å². The van der Waals surface area contributed by atoms with Crippen LogP contribution >= 0.6 is 0 Å². The third kappa shape index (κ3) is 4.47. The molecular weight excluding hydrogens is 272 g/mol. The van der Waals surface area contributed by atoms with E-state index >= 15 is 0 Å². The molecule has 7 nitrogen and oxygen atoms in total. The molecule has 0 aliphatic carbocycles. The number of carboxylic acids is 1. The highest BCUT2D eigenvalue weighted by atomic mass is 16.4. The minimum absolute atomic E-state index is 0.0788. The van der Waals surface area contributed by atoms with Gasteiger partial charge in [0.05, 0.1) is 12.2 Å². The van der Waals surface area contributed by atoms with Crippen LogP contribution < -0.4 is 5.32 Å². The molecule has 7 heteroatoms. The lowest BCUT2D eigenvalue weighted by atomic mass is 10.1. The van der Waals surface area contributed by atoms with E-state index < -0.39 is 5.97 Å². The normalized spacial score (nSPS) is 18.5. The average molecular weight is 294 g/mol. The molecule has 0 spiro atoms. The highest BCUT2D eigenvalue weighted by molar-refractivity contribution is 5.74. The summed E-state index contributed by atoms with van der Waals surface area (Å²) in [5.41, 5.74) is 1.12. The van der Waals surface area contributed by atoms with E-state index in [2.05, 4.69) is 10.4 Å². The fourth-order valence-corrected chi connectivity index (χ4v) is 2.53. The van der Waals surface area contributed by atoms with Crippen molar-refractivity contribution in [3.63, 3.8) is 0 Å². The first-order valence-electron chi connectivity index (χ1n) is 7.31. The Bertz CT molecular complexity index is 500. The number of likely N-dealkylation sites (tertiary alicyclic amines) is 1. The Balaban J connectivity index is 1.80. The third-order valence-corrected chi connectivity index (χ3v) is 3.63. The number of urea groups is 1. The van der Waals surface area contributed by atoms with Crippen LogP contribution in [0.25, 0.3) is 0 Å². The minimum atomic E-state index is -0.837. The van der Waals surface area contributed by atoms with Gasteiger partial charge in [-0.2, -0.15) is 5.10 Å². The quantitative estimate of drug-likeness (QED) is 0.804. The maximum absolute atomic E-state index is 12.1. The van der Waals surface area contributed by atoms with Crippen LogP contribution in [-0.4, -0.2) is 51.4 Å². The van der Waals surface area contributed by atoms with Gasteiger partial charge in [-0.1, -0.05) is 0 Å². The average Bonchev–Trinajstić information content (AvgIpc) is 2.90. The van der Waals surface area contributed by atoms with Crippen LogP contribution in [0.5, 0.6) is 0 Å².